The number of aryl methyl sites for hydroxylation is 1. The third-order valence-electron chi connectivity index (χ3n) is 3.09. The minimum atomic E-state index is -0.784. The first-order valence-electron chi connectivity index (χ1n) is 7.27. The predicted molar refractivity (Wildman–Crippen MR) is 91.1 cm³/mol. The Labute approximate surface area is 142 Å². The van der Waals surface area contributed by atoms with Crippen LogP contribution in [0.25, 0.3) is 0 Å². The molecule has 0 aliphatic carbocycles. The third-order valence-corrected chi connectivity index (χ3v) is 5.50. The van der Waals surface area contributed by atoms with Crippen LogP contribution in [0.5, 0.6) is 11.5 Å². The Balaban J connectivity index is 1.57. The fraction of sp³-hybridized carbons (Fsp3) is 0.467. The van der Waals surface area contributed by atoms with Crippen molar-refractivity contribution in [2.75, 3.05) is 24.8 Å². The van der Waals surface area contributed by atoms with E-state index in [-0.39, 0.29) is 19.1 Å². The first-order chi connectivity index (χ1) is 11.2. The fourth-order valence-corrected chi connectivity index (χ4v) is 3.89. The zero-order valence-electron chi connectivity index (χ0n) is 12.6. The second-order valence-electron chi connectivity index (χ2n) is 4.79. The van der Waals surface area contributed by atoms with Crippen molar-refractivity contribution in [3.05, 3.63) is 23.8 Å². The summed E-state index contributed by atoms with van der Waals surface area (Å²) in [5.41, 5.74) is 0.980. The number of nitrogens with one attached hydrogen (secondary N) is 1. The highest BCUT2D eigenvalue weighted by molar-refractivity contribution is 8.76. The Hall–Kier alpha value is -1.54. The lowest BCUT2D eigenvalue weighted by Crippen LogP contribution is -2.25. The summed E-state index contributed by atoms with van der Waals surface area (Å²) in [6.45, 7) is 0.811. The van der Waals surface area contributed by atoms with Gasteiger partial charge in [0.25, 0.3) is 0 Å². The van der Waals surface area contributed by atoms with E-state index in [4.69, 9.17) is 14.6 Å². The first-order valence-corrected chi connectivity index (χ1v) is 9.76. The van der Waals surface area contributed by atoms with E-state index in [1.54, 1.807) is 10.8 Å². The van der Waals surface area contributed by atoms with Crippen LogP contribution in [0, 0.1) is 0 Å². The van der Waals surface area contributed by atoms with E-state index >= 15 is 0 Å². The van der Waals surface area contributed by atoms with Gasteiger partial charge in [0.2, 0.25) is 12.7 Å². The van der Waals surface area contributed by atoms with Crippen LogP contribution in [0.4, 0.5) is 0 Å². The summed E-state index contributed by atoms with van der Waals surface area (Å²) in [5.74, 6) is 2.03. The van der Waals surface area contributed by atoms with E-state index in [9.17, 15) is 9.59 Å². The molecule has 0 bridgehead atoms. The Kier molecular flexibility index (Phi) is 7.41. The van der Waals surface area contributed by atoms with Gasteiger partial charge in [-0.1, -0.05) is 33.7 Å². The number of carbonyl (C=O) groups excluding carboxylic acids is 1. The summed E-state index contributed by atoms with van der Waals surface area (Å²) >= 11 is 0. The lowest BCUT2D eigenvalue weighted by molar-refractivity contribution is -0.136. The van der Waals surface area contributed by atoms with Gasteiger partial charge in [0.05, 0.1) is 6.42 Å². The molecule has 0 spiro atoms. The molecule has 6 nitrogen and oxygen atoms in total. The van der Waals surface area contributed by atoms with Crippen LogP contribution in [0.2, 0.25) is 0 Å². The quantitative estimate of drug-likeness (QED) is 0.491. The minimum Gasteiger partial charge on any atom is -0.481 e. The summed E-state index contributed by atoms with van der Waals surface area (Å²) in [6, 6.07) is 5.69. The Bertz CT molecular complexity index is 553. The van der Waals surface area contributed by atoms with Gasteiger partial charge in [-0.15, -0.1) is 0 Å². The number of carboxylic acid groups (broad SMARTS) is 1. The number of rotatable bonds is 10. The molecule has 0 saturated carbocycles. The summed E-state index contributed by atoms with van der Waals surface area (Å²) in [6.07, 6.45) is 1.17. The van der Waals surface area contributed by atoms with Crippen molar-refractivity contribution in [2.24, 2.45) is 0 Å². The minimum absolute atomic E-state index is 0.00217. The van der Waals surface area contributed by atoms with Crippen molar-refractivity contribution >= 4 is 33.5 Å². The van der Waals surface area contributed by atoms with Crippen LogP contribution in [0.15, 0.2) is 18.2 Å². The fourth-order valence-electron chi connectivity index (χ4n) is 2.00. The number of benzene rings is 1. The second kappa shape index (κ2) is 9.57. The van der Waals surface area contributed by atoms with Crippen LogP contribution in [-0.2, 0) is 16.0 Å². The van der Waals surface area contributed by atoms with Gasteiger partial charge in [-0.05, 0) is 18.1 Å². The molecule has 2 N–H and O–H groups in total. The normalized spacial score (nSPS) is 12.2. The molecule has 0 aromatic heterocycles. The zero-order chi connectivity index (χ0) is 16.5. The third kappa shape index (κ3) is 6.23. The maximum absolute atomic E-state index is 11.8. The lowest BCUT2D eigenvalue weighted by Gasteiger charge is -2.07. The molecule has 126 valence electrons. The Morgan fingerprint density at radius 3 is 2.83 bits per heavy atom. The van der Waals surface area contributed by atoms with E-state index in [0.717, 1.165) is 22.8 Å². The maximum Gasteiger partial charge on any atom is 0.304 e. The van der Waals surface area contributed by atoms with Crippen LogP contribution < -0.4 is 14.8 Å². The van der Waals surface area contributed by atoms with Crippen LogP contribution in [0.1, 0.15) is 18.4 Å². The van der Waals surface area contributed by atoms with Gasteiger partial charge in [-0.3, -0.25) is 9.59 Å². The number of aliphatic carboxylic acids is 1. The largest absolute Gasteiger partial charge is 0.481 e. The summed E-state index contributed by atoms with van der Waals surface area (Å²) in [5, 5.41) is 11.4. The number of carbonyl (C=O) groups is 2. The number of amides is 1. The molecular formula is C15H19NO5S2. The molecule has 0 fully saturated rings. The number of hydrogen-bond acceptors (Lipinski definition) is 6. The number of fused-ring (bicyclic) bond motifs is 1. The van der Waals surface area contributed by atoms with Gasteiger partial charge in [-0.2, -0.15) is 0 Å². The van der Waals surface area contributed by atoms with Crippen molar-refractivity contribution in [2.45, 2.75) is 19.3 Å². The summed E-state index contributed by atoms with van der Waals surface area (Å²) in [4.78, 5) is 22.2. The zero-order valence-corrected chi connectivity index (χ0v) is 14.2. The average Bonchev–Trinajstić information content (AvgIpc) is 3.00. The molecule has 0 atom stereocenters. The highest BCUT2D eigenvalue weighted by atomic mass is 33.1. The Morgan fingerprint density at radius 1 is 1.17 bits per heavy atom. The van der Waals surface area contributed by atoms with Crippen molar-refractivity contribution in [1.29, 1.82) is 0 Å². The van der Waals surface area contributed by atoms with E-state index in [1.165, 1.54) is 10.8 Å². The molecule has 8 heteroatoms. The van der Waals surface area contributed by atoms with Crippen LogP contribution in [-0.4, -0.2) is 41.8 Å². The van der Waals surface area contributed by atoms with Crippen molar-refractivity contribution < 1.29 is 24.2 Å². The smallest absolute Gasteiger partial charge is 0.304 e. The topological polar surface area (TPSA) is 84.9 Å². The monoisotopic (exact) mass is 357 g/mol. The molecule has 1 aromatic carbocycles. The molecular weight excluding hydrogens is 338 g/mol. The molecule has 1 heterocycles. The molecule has 1 aliphatic rings. The van der Waals surface area contributed by atoms with Gasteiger partial charge in [0.1, 0.15) is 0 Å². The van der Waals surface area contributed by atoms with E-state index in [1.807, 2.05) is 18.2 Å². The van der Waals surface area contributed by atoms with Crippen molar-refractivity contribution in [3.63, 3.8) is 0 Å². The average molecular weight is 357 g/mol. The van der Waals surface area contributed by atoms with Crippen LogP contribution in [0.3, 0.4) is 0 Å². The highest BCUT2D eigenvalue weighted by Crippen LogP contribution is 2.35. The summed E-state index contributed by atoms with van der Waals surface area (Å²) in [7, 11) is 3.08. The van der Waals surface area contributed by atoms with E-state index in [2.05, 4.69) is 5.32 Å². The lowest BCUT2D eigenvalue weighted by atomic mass is 10.1. The molecule has 1 aliphatic heterocycles. The van der Waals surface area contributed by atoms with Crippen LogP contribution >= 0.6 is 21.6 Å². The van der Waals surface area contributed by atoms with Crippen molar-refractivity contribution in [3.8, 4) is 11.5 Å². The van der Waals surface area contributed by atoms with Crippen molar-refractivity contribution in [1.82, 2.24) is 5.32 Å². The molecule has 0 radical (unpaired) electrons. The molecule has 1 aromatic rings. The summed E-state index contributed by atoms with van der Waals surface area (Å²) < 4.78 is 10.7. The van der Waals surface area contributed by atoms with E-state index < -0.39 is 5.97 Å². The first kappa shape index (κ1) is 17.8. The van der Waals surface area contributed by atoms with Gasteiger partial charge >= 0.3 is 5.97 Å². The van der Waals surface area contributed by atoms with Gasteiger partial charge in [0.15, 0.2) is 11.5 Å². The maximum atomic E-state index is 11.8. The molecule has 23 heavy (non-hydrogen) atoms. The van der Waals surface area contributed by atoms with Gasteiger partial charge in [-0.25, -0.2) is 0 Å². The van der Waals surface area contributed by atoms with Gasteiger partial charge in [0, 0.05) is 24.5 Å². The standard InChI is InChI=1S/C15H19NO5S2/c17-13(16-7-9-23-22-8-6-14(18)19)5-4-11-2-1-3-12-15(11)21-10-20-12/h1-3H,4-10H2,(H,16,17)(H,18,19). The van der Waals surface area contributed by atoms with Gasteiger partial charge < -0.3 is 19.9 Å². The molecule has 2 rings (SSSR count). The number of ether oxygens (including phenoxy) is 2. The number of hydrogen-bond donors (Lipinski definition) is 2. The number of carboxylic acids is 1. The number of para-hydroxylation sites is 1. The molecule has 0 saturated heterocycles. The SMILES string of the molecule is O=C(O)CCSSCCNC(=O)CCc1cccc2c1OCO2. The molecule has 0 unspecified atom stereocenters. The molecule has 1 amide bonds. The predicted octanol–water partition coefficient (Wildman–Crippen LogP) is 2.32. The van der Waals surface area contributed by atoms with E-state index in [0.29, 0.717) is 25.1 Å². The highest BCUT2D eigenvalue weighted by Gasteiger charge is 2.17. The second-order valence-corrected chi connectivity index (χ2v) is 7.49. The Morgan fingerprint density at radius 2 is 2.00 bits per heavy atom.